The van der Waals surface area contributed by atoms with Crippen molar-refractivity contribution in [2.24, 2.45) is 0 Å². The van der Waals surface area contributed by atoms with Gasteiger partial charge < -0.3 is 5.32 Å². The van der Waals surface area contributed by atoms with Crippen LogP contribution in [0.3, 0.4) is 0 Å². The second-order valence-corrected chi connectivity index (χ2v) is 5.48. The monoisotopic (exact) mass is 370 g/mol. The van der Waals surface area contributed by atoms with Gasteiger partial charge in [0.05, 0.1) is 6.04 Å². The van der Waals surface area contributed by atoms with E-state index in [2.05, 4.69) is 5.32 Å². The zero-order valence-electron chi connectivity index (χ0n) is 9.67. The van der Waals surface area contributed by atoms with Crippen LogP contribution in [-0.4, -0.2) is 37.5 Å². The summed E-state index contributed by atoms with van der Waals surface area (Å²) >= 11 is 2.01. The molecule has 1 aliphatic rings. The maximum atomic E-state index is 13.8. The van der Waals surface area contributed by atoms with Crippen LogP contribution in [0.2, 0.25) is 0 Å². The van der Waals surface area contributed by atoms with Crippen molar-refractivity contribution in [2.45, 2.75) is 12.5 Å². The van der Waals surface area contributed by atoms with Gasteiger partial charge in [-0.05, 0) is 40.8 Å². The normalized spacial score (nSPS) is 19.2. The molecule has 2 nitrogen and oxygen atoms in total. The summed E-state index contributed by atoms with van der Waals surface area (Å²) in [5, 5.41) is 3.10. The van der Waals surface area contributed by atoms with Crippen LogP contribution in [0.5, 0.6) is 0 Å². The second-order valence-electron chi connectivity index (χ2n) is 4.23. The van der Waals surface area contributed by atoms with Crippen molar-refractivity contribution in [3.05, 3.63) is 33.1 Å². The zero-order valence-corrected chi connectivity index (χ0v) is 11.8. The summed E-state index contributed by atoms with van der Waals surface area (Å²) in [4.78, 5) is 1.65. The molecule has 1 aromatic carbocycles. The van der Waals surface area contributed by atoms with Crippen LogP contribution in [0.15, 0.2) is 18.2 Å². The van der Waals surface area contributed by atoms with Gasteiger partial charge in [0.15, 0.2) is 0 Å². The Balaban J connectivity index is 2.31. The maximum absolute atomic E-state index is 13.8. The first kappa shape index (κ1) is 14.1. The summed E-state index contributed by atoms with van der Waals surface area (Å²) in [7, 11) is 0. The predicted octanol–water partition coefficient (Wildman–Crippen LogP) is 2.64. The topological polar surface area (TPSA) is 15.3 Å². The standard InChI is InChI=1S/C12H14F3IN2/c13-10-2-1-8(16)7-9(10)11(12(14)15)18-5-3-17-4-6-18/h1-2,7,11-12,17H,3-6H2/t11-/m1/s1. The summed E-state index contributed by atoms with van der Waals surface area (Å²) < 4.78 is 41.0. The first-order valence-corrected chi connectivity index (χ1v) is 6.85. The number of nitrogens with zero attached hydrogens (tertiary/aromatic N) is 1. The van der Waals surface area contributed by atoms with E-state index < -0.39 is 18.3 Å². The Labute approximate surface area is 118 Å². The molecule has 100 valence electrons. The van der Waals surface area contributed by atoms with Gasteiger partial charge in [0.2, 0.25) is 0 Å². The molecule has 6 heteroatoms. The lowest BCUT2D eigenvalue weighted by atomic mass is 10.0. The Morgan fingerprint density at radius 2 is 1.89 bits per heavy atom. The van der Waals surface area contributed by atoms with Crippen molar-refractivity contribution < 1.29 is 13.2 Å². The minimum atomic E-state index is -2.59. The molecule has 0 unspecified atom stereocenters. The van der Waals surface area contributed by atoms with E-state index in [1.165, 1.54) is 12.1 Å². The van der Waals surface area contributed by atoms with E-state index in [0.29, 0.717) is 26.2 Å². The highest BCUT2D eigenvalue weighted by atomic mass is 127. The molecule has 1 aliphatic heterocycles. The van der Waals surface area contributed by atoms with Gasteiger partial charge in [0.1, 0.15) is 5.82 Å². The third-order valence-electron chi connectivity index (χ3n) is 3.06. The molecule has 1 heterocycles. The number of piperazine rings is 1. The first-order chi connectivity index (χ1) is 8.59. The van der Waals surface area contributed by atoms with E-state index in [1.54, 1.807) is 11.0 Å². The third kappa shape index (κ3) is 3.16. The maximum Gasteiger partial charge on any atom is 0.258 e. The fourth-order valence-electron chi connectivity index (χ4n) is 2.19. The molecule has 0 bridgehead atoms. The van der Waals surface area contributed by atoms with E-state index >= 15 is 0 Å². The van der Waals surface area contributed by atoms with E-state index in [-0.39, 0.29) is 5.56 Å². The Morgan fingerprint density at radius 3 is 2.50 bits per heavy atom. The molecule has 0 aliphatic carbocycles. The molecule has 0 aromatic heterocycles. The summed E-state index contributed by atoms with van der Waals surface area (Å²) in [5.74, 6) is -0.556. The zero-order chi connectivity index (χ0) is 13.1. The van der Waals surface area contributed by atoms with Crippen molar-refractivity contribution in [1.82, 2.24) is 10.2 Å². The third-order valence-corrected chi connectivity index (χ3v) is 3.73. The molecule has 1 atom stereocenters. The van der Waals surface area contributed by atoms with E-state index in [4.69, 9.17) is 0 Å². The Morgan fingerprint density at radius 1 is 1.22 bits per heavy atom. The number of nitrogens with one attached hydrogen (secondary N) is 1. The predicted molar refractivity (Wildman–Crippen MR) is 72.3 cm³/mol. The number of hydrogen-bond acceptors (Lipinski definition) is 2. The highest BCUT2D eigenvalue weighted by Gasteiger charge is 2.32. The molecule has 2 rings (SSSR count). The number of alkyl halides is 2. The SMILES string of the molecule is Fc1ccc(I)cc1[C@H](C(F)F)N1CCNCC1. The van der Waals surface area contributed by atoms with Crippen molar-refractivity contribution in [3.8, 4) is 0 Å². The summed E-state index contributed by atoms with van der Waals surface area (Å²) in [6.45, 7) is 2.35. The van der Waals surface area contributed by atoms with E-state index in [9.17, 15) is 13.2 Å². The van der Waals surface area contributed by atoms with Gasteiger partial charge in [-0.15, -0.1) is 0 Å². The lowest BCUT2D eigenvalue weighted by molar-refractivity contribution is 0.0164. The first-order valence-electron chi connectivity index (χ1n) is 5.77. The van der Waals surface area contributed by atoms with Crippen molar-refractivity contribution in [3.63, 3.8) is 0 Å². The van der Waals surface area contributed by atoms with Gasteiger partial charge in [-0.25, -0.2) is 13.2 Å². The Bertz CT molecular complexity index is 408. The van der Waals surface area contributed by atoms with Gasteiger partial charge >= 0.3 is 0 Å². The highest BCUT2D eigenvalue weighted by molar-refractivity contribution is 14.1. The molecule has 0 amide bonds. The molecular weight excluding hydrogens is 356 g/mol. The van der Waals surface area contributed by atoms with Gasteiger partial charge in [0.25, 0.3) is 6.43 Å². The fraction of sp³-hybridized carbons (Fsp3) is 0.500. The quantitative estimate of drug-likeness (QED) is 0.824. The largest absolute Gasteiger partial charge is 0.314 e. The van der Waals surface area contributed by atoms with Crippen LogP contribution in [-0.2, 0) is 0 Å². The highest BCUT2D eigenvalue weighted by Crippen LogP contribution is 2.30. The van der Waals surface area contributed by atoms with Crippen molar-refractivity contribution >= 4 is 22.6 Å². The lowest BCUT2D eigenvalue weighted by Gasteiger charge is -2.34. The molecule has 0 saturated carbocycles. The number of benzene rings is 1. The van der Waals surface area contributed by atoms with Crippen LogP contribution >= 0.6 is 22.6 Å². The lowest BCUT2D eigenvalue weighted by Crippen LogP contribution is -2.47. The molecule has 1 N–H and O–H groups in total. The Kier molecular flexibility index (Phi) is 4.85. The van der Waals surface area contributed by atoms with Gasteiger partial charge in [-0.3, -0.25) is 4.90 Å². The molecule has 1 aromatic rings. The number of halogens is 4. The van der Waals surface area contributed by atoms with Crippen LogP contribution in [0, 0.1) is 9.39 Å². The molecule has 1 saturated heterocycles. The van der Waals surface area contributed by atoms with Crippen LogP contribution in [0.25, 0.3) is 0 Å². The van der Waals surface area contributed by atoms with E-state index in [0.717, 1.165) is 3.57 Å². The number of rotatable bonds is 3. The molecule has 18 heavy (non-hydrogen) atoms. The second kappa shape index (κ2) is 6.21. The average molecular weight is 370 g/mol. The van der Waals surface area contributed by atoms with Crippen molar-refractivity contribution in [1.29, 1.82) is 0 Å². The van der Waals surface area contributed by atoms with Crippen LogP contribution < -0.4 is 5.32 Å². The van der Waals surface area contributed by atoms with Crippen LogP contribution in [0.4, 0.5) is 13.2 Å². The van der Waals surface area contributed by atoms with Gasteiger partial charge in [0, 0.05) is 35.3 Å². The Hall–Kier alpha value is -0.340. The molecule has 1 fully saturated rings. The molecule has 0 spiro atoms. The minimum Gasteiger partial charge on any atom is -0.314 e. The van der Waals surface area contributed by atoms with Gasteiger partial charge in [-0.1, -0.05) is 0 Å². The molecule has 0 radical (unpaired) electrons. The number of hydrogen-bond donors (Lipinski definition) is 1. The van der Waals surface area contributed by atoms with Crippen molar-refractivity contribution in [2.75, 3.05) is 26.2 Å². The minimum absolute atomic E-state index is 0.0961. The summed E-state index contributed by atoms with van der Waals surface area (Å²) in [5.41, 5.74) is 0.0961. The van der Waals surface area contributed by atoms with Crippen LogP contribution in [0.1, 0.15) is 11.6 Å². The fourth-order valence-corrected chi connectivity index (χ4v) is 2.71. The summed E-state index contributed by atoms with van der Waals surface area (Å²) in [6.07, 6.45) is -2.59. The van der Waals surface area contributed by atoms with Gasteiger partial charge in [-0.2, -0.15) is 0 Å². The average Bonchev–Trinajstić information content (AvgIpc) is 2.35. The molecular formula is C12H14F3IN2. The van der Waals surface area contributed by atoms with E-state index in [1.807, 2.05) is 22.6 Å². The summed E-state index contributed by atoms with van der Waals surface area (Å²) in [6, 6.07) is 3.20. The smallest absolute Gasteiger partial charge is 0.258 e.